The first-order valence-electron chi connectivity index (χ1n) is 3.91. The highest BCUT2D eigenvalue weighted by Crippen LogP contribution is 2.13. The third-order valence-electron chi connectivity index (χ3n) is 1.95. The third kappa shape index (κ3) is 1.62. The van der Waals surface area contributed by atoms with Crippen LogP contribution in [0, 0.1) is 0 Å². The smallest absolute Gasteiger partial charge is 0.0618 e. The fraction of sp³-hybridized carbons (Fsp3) is 1.00. The van der Waals surface area contributed by atoms with E-state index in [1.807, 2.05) is 0 Å². The molecular formula is C7H15ClN2. The highest BCUT2D eigenvalue weighted by molar-refractivity contribution is 6.21. The van der Waals surface area contributed by atoms with E-state index in [1.165, 1.54) is 0 Å². The lowest BCUT2D eigenvalue weighted by Crippen LogP contribution is -2.35. The van der Waals surface area contributed by atoms with Crippen molar-refractivity contribution in [3.05, 3.63) is 0 Å². The summed E-state index contributed by atoms with van der Waals surface area (Å²) in [4.78, 5) is 0. The SMILES string of the molecule is CCN1CC(Cl)CN1CC. The van der Waals surface area contributed by atoms with E-state index in [0.29, 0.717) is 5.38 Å². The molecule has 0 saturated carbocycles. The average Bonchev–Trinajstić information content (AvgIpc) is 2.30. The minimum Gasteiger partial charge on any atom is -0.240 e. The van der Waals surface area contributed by atoms with Gasteiger partial charge in [0.15, 0.2) is 0 Å². The summed E-state index contributed by atoms with van der Waals surface area (Å²) < 4.78 is 0. The van der Waals surface area contributed by atoms with E-state index >= 15 is 0 Å². The molecular weight excluding hydrogens is 148 g/mol. The third-order valence-corrected chi connectivity index (χ3v) is 2.22. The maximum Gasteiger partial charge on any atom is 0.0618 e. The molecule has 1 saturated heterocycles. The van der Waals surface area contributed by atoms with E-state index < -0.39 is 0 Å². The van der Waals surface area contributed by atoms with Crippen LogP contribution in [-0.2, 0) is 0 Å². The second-order valence-corrected chi connectivity index (χ2v) is 3.22. The van der Waals surface area contributed by atoms with E-state index in [1.54, 1.807) is 0 Å². The lowest BCUT2D eigenvalue weighted by atomic mass is 10.4. The lowest BCUT2D eigenvalue weighted by Gasteiger charge is -2.24. The number of nitrogens with zero attached hydrogens (tertiary/aromatic N) is 2. The molecule has 2 nitrogen and oxygen atoms in total. The maximum absolute atomic E-state index is 5.98. The summed E-state index contributed by atoms with van der Waals surface area (Å²) in [6, 6.07) is 0. The predicted octanol–water partition coefficient (Wildman–Crippen LogP) is 1.17. The zero-order valence-corrected chi connectivity index (χ0v) is 7.43. The van der Waals surface area contributed by atoms with Crippen molar-refractivity contribution in [2.75, 3.05) is 26.2 Å². The molecule has 0 aromatic carbocycles. The number of halogens is 1. The van der Waals surface area contributed by atoms with Crippen molar-refractivity contribution in [3.8, 4) is 0 Å². The van der Waals surface area contributed by atoms with Gasteiger partial charge in [0.25, 0.3) is 0 Å². The van der Waals surface area contributed by atoms with Crippen LogP contribution in [0.25, 0.3) is 0 Å². The molecule has 10 heavy (non-hydrogen) atoms. The zero-order valence-electron chi connectivity index (χ0n) is 6.68. The Morgan fingerprint density at radius 1 is 1.20 bits per heavy atom. The number of rotatable bonds is 2. The molecule has 1 fully saturated rings. The molecule has 0 unspecified atom stereocenters. The Bertz CT molecular complexity index is 95.8. The summed E-state index contributed by atoms with van der Waals surface area (Å²) in [6.45, 7) is 8.53. The Labute approximate surface area is 67.7 Å². The van der Waals surface area contributed by atoms with Gasteiger partial charge in [-0.3, -0.25) is 0 Å². The van der Waals surface area contributed by atoms with Crippen LogP contribution in [0.15, 0.2) is 0 Å². The molecule has 60 valence electrons. The molecule has 0 atom stereocenters. The Balaban J connectivity index is 2.41. The zero-order chi connectivity index (χ0) is 7.56. The number of alkyl halides is 1. The quantitative estimate of drug-likeness (QED) is 0.563. The molecule has 1 rings (SSSR count). The molecule has 0 bridgehead atoms. The van der Waals surface area contributed by atoms with Crippen molar-refractivity contribution >= 4 is 11.6 Å². The number of hydrogen-bond donors (Lipinski definition) is 0. The minimum absolute atomic E-state index is 0.333. The van der Waals surface area contributed by atoms with Crippen molar-refractivity contribution in [1.29, 1.82) is 0 Å². The summed E-state index contributed by atoms with van der Waals surface area (Å²) in [5.41, 5.74) is 0. The fourth-order valence-electron chi connectivity index (χ4n) is 1.40. The monoisotopic (exact) mass is 162 g/mol. The van der Waals surface area contributed by atoms with Gasteiger partial charge in [-0.1, -0.05) is 13.8 Å². The first-order valence-corrected chi connectivity index (χ1v) is 4.35. The second-order valence-electron chi connectivity index (χ2n) is 2.61. The van der Waals surface area contributed by atoms with Crippen LogP contribution in [0.4, 0.5) is 0 Å². The summed E-state index contributed by atoms with van der Waals surface area (Å²) in [7, 11) is 0. The van der Waals surface area contributed by atoms with Gasteiger partial charge < -0.3 is 0 Å². The van der Waals surface area contributed by atoms with Gasteiger partial charge >= 0.3 is 0 Å². The molecule has 0 spiro atoms. The van der Waals surface area contributed by atoms with Gasteiger partial charge in [0.1, 0.15) is 0 Å². The van der Waals surface area contributed by atoms with E-state index in [4.69, 9.17) is 11.6 Å². The van der Waals surface area contributed by atoms with E-state index in [0.717, 1.165) is 26.2 Å². The van der Waals surface area contributed by atoms with Crippen LogP contribution < -0.4 is 0 Å². The molecule has 1 aliphatic rings. The van der Waals surface area contributed by atoms with Crippen LogP contribution >= 0.6 is 11.6 Å². The average molecular weight is 163 g/mol. The summed E-state index contributed by atoms with van der Waals surface area (Å²) in [5, 5.41) is 4.94. The molecule has 0 N–H and O–H groups in total. The second kappa shape index (κ2) is 3.56. The highest BCUT2D eigenvalue weighted by Gasteiger charge is 2.25. The Morgan fingerprint density at radius 2 is 1.60 bits per heavy atom. The largest absolute Gasteiger partial charge is 0.240 e. The van der Waals surface area contributed by atoms with Crippen molar-refractivity contribution in [1.82, 2.24) is 10.0 Å². The molecule has 1 heterocycles. The van der Waals surface area contributed by atoms with Gasteiger partial charge in [0.05, 0.1) is 5.38 Å². The molecule has 0 aromatic heterocycles. The normalized spacial score (nSPS) is 24.3. The highest BCUT2D eigenvalue weighted by atomic mass is 35.5. The first-order chi connectivity index (χ1) is 4.77. The van der Waals surface area contributed by atoms with Crippen molar-refractivity contribution in [3.63, 3.8) is 0 Å². The topological polar surface area (TPSA) is 6.48 Å². The summed E-state index contributed by atoms with van der Waals surface area (Å²) in [5.74, 6) is 0. The van der Waals surface area contributed by atoms with E-state index in [9.17, 15) is 0 Å². The molecule has 0 aromatic rings. The van der Waals surface area contributed by atoms with Gasteiger partial charge in [0, 0.05) is 26.2 Å². The van der Waals surface area contributed by atoms with Gasteiger partial charge in [0.2, 0.25) is 0 Å². The Kier molecular flexibility index (Phi) is 2.96. The summed E-state index contributed by atoms with van der Waals surface area (Å²) >= 11 is 5.98. The van der Waals surface area contributed by atoms with Crippen molar-refractivity contribution in [2.45, 2.75) is 19.2 Å². The summed E-state index contributed by atoms with van der Waals surface area (Å²) in [6.07, 6.45) is 0. The Morgan fingerprint density at radius 3 is 1.90 bits per heavy atom. The minimum atomic E-state index is 0.333. The van der Waals surface area contributed by atoms with Crippen LogP contribution in [0.1, 0.15) is 13.8 Å². The van der Waals surface area contributed by atoms with Gasteiger partial charge in [-0.2, -0.15) is 0 Å². The standard InChI is InChI=1S/C7H15ClN2/c1-3-9-5-7(8)6-10(9)4-2/h7H,3-6H2,1-2H3. The van der Waals surface area contributed by atoms with Crippen molar-refractivity contribution < 1.29 is 0 Å². The van der Waals surface area contributed by atoms with Crippen LogP contribution in [0.5, 0.6) is 0 Å². The van der Waals surface area contributed by atoms with Crippen LogP contribution in [0.2, 0.25) is 0 Å². The molecule has 0 amide bonds. The first kappa shape index (κ1) is 8.31. The maximum atomic E-state index is 5.98. The van der Waals surface area contributed by atoms with Gasteiger partial charge in [-0.05, 0) is 0 Å². The lowest BCUT2D eigenvalue weighted by molar-refractivity contribution is 0.0388. The van der Waals surface area contributed by atoms with Gasteiger partial charge in [-0.15, -0.1) is 11.6 Å². The number of hydrogen-bond acceptors (Lipinski definition) is 2. The van der Waals surface area contributed by atoms with E-state index in [2.05, 4.69) is 23.9 Å². The molecule has 1 aliphatic heterocycles. The molecule has 0 radical (unpaired) electrons. The Hall–Kier alpha value is 0.210. The molecule has 0 aliphatic carbocycles. The van der Waals surface area contributed by atoms with E-state index in [-0.39, 0.29) is 0 Å². The van der Waals surface area contributed by atoms with Crippen LogP contribution in [-0.4, -0.2) is 41.6 Å². The van der Waals surface area contributed by atoms with Crippen LogP contribution in [0.3, 0.4) is 0 Å². The molecule has 3 heteroatoms. The van der Waals surface area contributed by atoms with Gasteiger partial charge in [-0.25, -0.2) is 10.0 Å². The number of hydrazine groups is 1. The fourth-order valence-corrected chi connectivity index (χ4v) is 1.72. The predicted molar refractivity (Wildman–Crippen MR) is 44.1 cm³/mol. The van der Waals surface area contributed by atoms with Crippen molar-refractivity contribution in [2.24, 2.45) is 0 Å².